The fourth-order valence-electron chi connectivity index (χ4n) is 2.44. The molecule has 1 fully saturated rings. The molecule has 1 saturated heterocycles. The SMILES string of the molecule is CCc1nnc(NN2CCN(C)CC2)c(C#N)c1CC. The molecular weight excluding hydrogens is 252 g/mol. The number of nitrogens with one attached hydrogen (secondary N) is 1. The highest BCUT2D eigenvalue weighted by molar-refractivity contribution is 5.56. The van der Waals surface area contributed by atoms with E-state index in [1.165, 1.54) is 0 Å². The van der Waals surface area contributed by atoms with Gasteiger partial charge in [-0.15, -0.1) is 5.10 Å². The maximum absolute atomic E-state index is 9.44. The second-order valence-electron chi connectivity index (χ2n) is 5.07. The lowest BCUT2D eigenvalue weighted by molar-refractivity contribution is 0.178. The number of nitriles is 1. The smallest absolute Gasteiger partial charge is 0.181 e. The summed E-state index contributed by atoms with van der Waals surface area (Å²) in [6.07, 6.45) is 1.61. The molecule has 0 amide bonds. The van der Waals surface area contributed by atoms with Gasteiger partial charge in [0.05, 0.1) is 5.69 Å². The molecule has 1 aromatic heterocycles. The molecule has 108 valence electrons. The lowest BCUT2D eigenvalue weighted by Crippen LogP contribution is -2.47. The van der Waals surface area contributed by atoms with Gasteiger partial charge in [0, 0.05) is 26.2 Å². The van der Waals surface area contributed by atoms with Crippen LogP contribution in [0.3, 0.4) is 0 Å². The minimum atomic E-state index is 0.589. The predicted octanol–water partition coefficient (Wildman–Crippen LogP) is 1.05. The first-order chi connectivity index (χ1) is 9.69. The summed E-state index contributed by atoms with van der Waals surface area (Å²) in [6.45, 7) is 7.95. The van der Waals surface area contributed by atoms with Gasteiger partial charge in [0.2, 0.25) is 0 Å². The normalized spacial score (nSPS) is 16.9. The maximum Gasteiger partial charge on any atom is 0.181 e. The second kappa shape index (κ2) is 6.64. The molecule has 1 aliphatic rings. The van der Waals surface area contributed by atoms with Crippen molar-refractivity contribution in [3.05, 3.63) is 16.8 Å². The molecule has 1 aromatic rings. The minimum Gasteiger partial charge on any atom is -0.304 e. The molecule has 0 radical (unpaired) electrons. The first-order valence-electron chi connectivity index (χ1n) is 7.18. The molecule has 1 aliphatic heterocycles. The quantitative estimate of drug-likeness (QED) is 0.885. The van der Waals surface area contributed by atoms with Crippen molar-refractivity contribution in [3.63, 3.8) is 0 Å². The molecule has 0 unspecified atom stereocenters. The Bertz CT molecular complexity index is 499. The van der Waals surface area contributed by atoms with Crippen LogP contribution >= 0.6 is 0 Å². The standard InChI is InChI=1S/C14H22N6/c1-4-11-12(10-15)14(17-16-13(11)5-2)18-20-8-6-19(3)7-9-20/h4-9H2,1-3H3,(H,17,18). The average Bonchev–Trinajstić information content (AvgIpc) is 2.48. The Morgan fingerprint density at radius 3 is 2.40 bits per heavy atom. The van der Waals surface area contributed by atoms with Crippen molar-refractivity contribution in [1.82, 2.24) is 20.1 Å². The highest BCUT2D eigenvalue weighted by Crippen LogP contribution is 2.20. The monoisotopic (exact) mass is 274 g/mol. The van der Waals surface area contributed by atoms with Gasteiger partial charge in [-0.2, -0.15) is 10.4 Å². The number of hydrogen-bond donors (Lipinski definition) is 1. The molecule has 20 heavy (non-hydrogen) atoms. The number of hydrogen-bond acceptors (Lipinski definition) is 6. The Hall–Kier alpha value is -1.71. The lowest BCUT2D eigenvalue weighted by Gasteiger charge is -2.32. The number of aryl methyl sites for hydroxylation is 1. The van der Waals surface area contributed by atoms with Crippen molar-refractivity contribution >= 4 is 5.82 Å². The molecule has 1 N–H and O–H groups in total. The Labute approximate surface area is 120 Å². The summed E-state index contributed by atoms with van der Waals surface area (Å²) in [5.74, 6) is 0.589. The summed E-state index contributed by atoms with van der Waals surface area (Å²) < 4.78 is 0. The minimum absolute atomic E-state index is 0.589. The fourth-order valence-corrected chi connectivity index (χ4v) is 2.44. The van der Waals surface area contributed by atoms with Gasteiger partial charge in [-0.05, 0) is 25.5 Å². The zero-order valence-corrected chi connectivity index (χ0v) is 12.5. The van der Waals surface area contributed by atoms with Crippen LogP contribution in [0.15, 0.2) is 0 Å². The van der Waals surface area contributed by atoms with E-state index in [1.807, 2.05) is 6.92 Å². The van der Waals surface area contributed by atoms with Crippen LogP contribution in [0, 0.1) is 11.3 Å². The summed E-state index contributed by atoms with van der Waals surface area (Å²) >= 11 is 0. The van der Waals surface area contributed by atoms with E-state index in [2.05, 4.69) is 45.6 Å². The number of likely N-dealkylation sites (N-methyl/N-ethyl adjacent to an activating group) is 1. The number of rotatable bonds is 4. The molecule has 2 heterocycles. The molecule has 6 heteroatoms. The van der Waals surface area contributed by atoms with Crippen molar-refractivity contribution in [2.45, 2.75) is 26.7 Å². The Balaban J connectivity index is 2.22. The Morgan fingerprint density at radius 1 is 1.15 bits per heavy atom. The van der Waals surface area contributed by atoms with E-state index in [4.69, 9.17) is 0 Å². The molecular formula is C14H22N6. The number of piperazine rings is 1. The summed E-state index contributed by atoms with van der Waals surface area (Å²) in [7, 11) is 2.11. The fraction of sp³-hybridized carbons (Fsp3) is 0.643. The first-order valence-corrected chi connectivity index (χ1v) is 7.18. The van der Waals surface area contributed by atoms with Crippen molar-refractivity contribution in [2.24, 2.45) is 0 Å². The van der Waals surface area contributed by atoms with Gasteiger partial charge < -0.3 is 10.3 Å². The van der Waals surface area contributed by atoms with Crippen molar-refractivity contribution in [2.75, 3.05) is 38.7 Å². The van der Waals surface area contributed by atoms with E-state index in [0.717, 1.165) is 50.3 Å². The van der Waals surface area contributed by atoms with Gasteiger partial charge in [-0.25, -0.2) is 5.01 Å². The summed E-state index contributed by atoms with van der Waals surface area (Å²) in [4.78, 5) is 2.28. The van der Waals surface area contributed by atoms with Crippen molar-refractivity contribution in [3.8, 4) is 6.07 Å². The largest absolute Gasteiger partial charge is 0.304 e. The second-order valence-corrected chi connectivity index (χ2v) is 5.07. The lowest BCUT2D eigenvalue weighted by atomic mass is 10.0. The molecule has 0 atom stereocenters. The average molecular weight is 274 g/mol. The molecule has 2 rings (SSSR count). The topological polar surface area (TPSA) is 68.1 Å². The van der Waals surface area contributed by atoms with Gasteiger partial charge in [0.15, 0.2) is 5.82 Å². The third-order valence-corrected chi connectivity index (χ3v) is 3.73. The molecule has 6 nitrogen and oxygen atoms in total. The van der Waals surface area contributed by atoms with E-state index in [-0.39, 0.29) is 0 Å². The zero-order chi connectivity index (χ0) is 14.5. The van der Waals surface area contributed by atoms with Gasteiger partial charge in [-0.1, -0.05) is 13.8 Å². The van der Waals surface area contributed by atoms with Crippen molar-refractivity contribution < 1.29 is 0 Å². The van der Waals surface area contributed by atoms with Crippen LogP contribution in [0.25, 0.3) is 0 Å². The van der Waals surface area contributed by atoms with Crippen LogP contribution in [-0.2, 0) is 12.8 Å². The van der Waals surface area contributed by atoms with E-state index in [9.17, 15) is 5.26 Å². The van der Waals surface area contributed by atoms with E-state index in [0.29, 0.717) is 11.4 Å². The number of nitrogens with zero attached hydrogens (tertiary/aromatic N) is 5. The summed E-state index contributed by atoms with van der Waals surface area (Å²) in [5.41, 5.74) is 5.83. The van der Waals surface area contributed by atoms with Crippen LogP contribution in [0.4, 0.5) is 5.82 Å². The van der Waals surface area contributed by atoms with Gasteiger partial charge in [-0.3, -0.25) is 0 Å². The van der Waals surface area contributed by atoms with Gasteiger partial charge in [0.1, 0.15) is 11.6 Å². The number of aromatic nitrogens is 2. The van der Waals surface area contributed by atoms with E-state index < -0.39 is 0 Å². The maximum atomic E-state index is 9.44. The first kappa shape index (κ1) is 14.7. The zero-order valence-electron chi connectivity index (χ0n) is 12.5. The molecule has 0 saturated carbocycles. The highest BCUT2D eigenvalue weighted by Gasteiger charge is 2.18. The van der Waals surface area contributed by atoms with Crippen LogP contribution < -0.4 is 5.43 Å². The molecule has 0 bridgehead atoms. The van der Waals surface area contributed by atoms with Crippen LogP contribution in [0.2, 0.25) is 0 Å². The predicted molar refractivity (Wildman–Crippen MR) is 78.2 cm³/mol. The molecule has 0 aromatic carbocycles. The highest BCUT2D eigenvalue weighted by atomic mass is 15.5. The van der Waals surface area contributed by atoms with Gasteiger partial charge in [0.25, 0.3) is 0 Å². The third kappa shape index (κ3) is 3.06. The van der Waals surface area contributed by atoms with Crippen LogP contribution in [0.1, 0.15) is 30.7 Å². The van der Waals surface area contributed by atoms with E-state index >= 15 is 0 Å². The van der Waals surface area contributed by atoms with Crippen molar-refractivity contribution in [1.29, 1.82) is 5.26 Å². The van der Waals surface area contributed by atoms with Crippen LogP contribution in [0.5, 0.6) is 0 Å². The number of hydrazine groups is 1. The van der Waals surface area contributed by atoms with E-state index in [1.54, 1.807) is 0 Å². The Kier molecular flexibility index (Phi) is 4.88. The number of anilines is 1. The third-order valence-electron chi connectivity index (χ3n) is 3.73. The van der Waals surface area contributed by atoms with Gasteiger partial charge >= 0.3 is 0 Å². The summed E-state index contributed by atoms with van der Waals surface area (Å²) in [6, 6.07) is 2.29. The molecule has 0 aliphatic carbocycles. The summed E-state index contributed by atoms with van der Waals surface area (Å²) in [5, 5.41) is 20.0. The Morgan fingerprint density at radius 2 is 1.85 bits per heavy atom. The van der Waals surface area contributed by atoms with Crippen LogP contribution in [-0.4, -0.2) is 53.3 Å². The molecule has 0 spiro atoms.